The molecule has 6 heteroatoms. The summed E-state index contributed by atoms with van der Waals surface area (Å²) in [6, 6.07) is 0. The molecule has 2 aromatic heterocycles. The van der Waals surface area contributed by atoms with Gasteiger partial charge in [0.15, 0.2) is 4.96 Å². The van der Waals surface area contributed by atoms with Gasteiger partial charge in [0.25, 0.3) is 0 Å². The largest absolute Gasteiger partial charge is 0.311 e. The minimum atomic E-state index is 0.888. The molecule has 0 saturated heterocycles. The van der Waals surface area contributed by atoms with Gasteiger partial charge >= 0.3 is 0 Å². The number of fused-ring (bicyclic) bond motifs is 1. The first-order valence-electron chi connectivity index (χ1n) is 6.15. The van der Waals surface area contributed by atoms with Gasteiger partial charge in [0.1, 0.15) is 5.03 Å². The molecule has 0 aliphatic heterocycles. The van der Waals surface area contributed by atoms with Crippen molar-refractivity contribution in [2.75, 3.05) is 32.9 Å². The maximum Gasteiger partial charge on any atom is 0.194 e. The lowest BCUT2D eigenvalue weighted by Gasteiger charge is -2.08. The van der Waals surface area contributed by atoms with Crippen molar-refractivity contribution in [2.45, 2.75) is 18.5 Å². The van der Waals surface area contributed by atoms with Crippen molar-refractivity contribution in [1.29, 1.82) is 0 Å². The minimum Gasteiger partial charge on any atom is -0.311 e. The van der Waals surface area contributed by atoms with E-state index < -0.39 is 0 Å². The number of aromatic nitrogens is 2. The van der Waals surface area contributed by atoms with Gasteiger partial charge in [-0.15, -0.1) is 23.1 Å². The van der Waals surface area contributed by atoms with Gasteiger partial charge in [-0.2, -0.15) is 0 Å². The Morgan fingerprint density at radius 2 is 2.33 bits per heavy atom. The number of hydrogen-bond donors (Lipinski definition) is 1. The van der Waals surface area contributed by atoms with Crippen LogP contribution >= 0.6 is 23.1 Å². The molecule has 2 rings (SSSR count). The van der Waals surface area contributed by atoms with E-state index in [0.29, 0.717) is 0 Å². The fraction of sp³-hybridized carbons (Fsp3) is 0.583. The summed E-state index contributed by atoms with van der Waals surface area (Å²) in [7, 11) is 4.21. The summed E-state index contributed by atoms with van der Waals surface area (Å²) in [5.74, 6) is 1.08. The topological polar surface area (TPSA) is 32.6 Å². The molecule has 0 bridgehead atoms. The zero-order valence-electron chi connectivity index (χ0n) is 11.1. The number of imidazole rings is 1. The van der Waals surface area contributed by atoms with Gasteiger partial charge in [-0.05, 0) is 20.6 Å². The summed E-state index contributed by atoms with van der Waals surface area (Å²) >= 11 is 3.55. The van der Waals surface area contributed by atoms with Crippen molar-refractivity contribution >= 4 is 28.1 Å². The Bertz CT molecular complexity index is 489. The Kier molecular flexibility index (Phi) is 5.05. The average molecular weight is 284 g/mol. The van der Waals surface area contributed by atoms with Crippen LogP contribution in [0.4, 0.5) is 0 Å². The predicted molar refractivity (Wildman–Crippen MR) is 79.7 cm³/mol. The zero-order chi connectivity index (χ0) is 13.0. The molecule has 0 atom stereocenters. The maximum absolute atomic E-state index is 4.71. The molecule has 2 aromatic rings. The molecule has 0 aromatic carbocycles. The summed E-state index contributed by atoms with van der Waals surface area (Å²) in [6.45, 7) is 5.08. The second-order valence-electron chi connectivity index (χ2n) is 4.35. The Balaban J connectivity index is 2.11. The number of thioether (sulfide) groups is 1. The third-order valence-electron chi connectivity index (χ3n) is 2.64. The van der Waals surface area contributed by atoms with E-state index in [2.05, 4.69) is 47.2 Å². The molecule has 0 saturated carbocycles. The van der Waals surface area contributed by atoms with E-state index in [9.17, 15) is 0 Å². The van der Waals surface area contributed by atoms with E-state index in [1.165, 1.54) is 10.7 Å². The predicted octanol–water partition coefficient (Wildman–Crippen LogP) is 2.16. The van der Waals surface area contributed by atoms with Crippen molar-refractivity contribution in [3.8, 4) is 0 Å². The van der Waals surface area contributed by atoms with Crippen LogP contribution in [0.3, 0.4) is 0 Å². The van der Waals surface area contributed by atoms with Crippen molar-refractivity contribution < 1.29 is 0 Å². The number of hydrogen-bond acceptors (Lipinski definition) is 5. The molecule has 0 aliphatic carbocycles. The van der Waals surface area contributed by atoms with Gasteiger partial charge in [-0.25, -0.2) is 4.98 Å². The second-order valence-corrected chi connectivity index (χ2v) is 6.31. The SMILES string of the molecule is CCNCc1c(SCCN(C)C)nc2sccn12. The first kappa shape index (κ1) is 13.9. The number of rotatable bonds is 7. The monoisotopic (exact) mass is 284 g/mol. The normalized spacial score (nSPS) is 11.8. The molecule has 0 fully saturated rings. The van der Waals surface area contributed by atoms with Crippen LogP contribution in [0.25, 0.3) is 4.96 Å². The third-order valence-corrected chi connectivity index (χ3v) is 4.39. The van der Waals surface area contributed by atoms with Crippen LogP contribution in [0.15, 0.2) is 16.6 Å². The van der Waals surface area contributed by atoms with Gasteiger partial charge < -0.3 is 10.2 Å². The van der Waals surface area contributed by atoms with Crippen LogP contribution in [0, 0.1) is 0 Å². The quantitative estimate of drug-likeness (QED) is 0.790. The molecule has 0 radical (unpaired) electrons. The molecular weight excluding hydrogens is 264 g/mol. The lowest BCUT2D eigenvalue weighted by Crippen LogP contribution is -2.16. The minimum absolute atomic E-state index is 0.888. The Hall–Kier alpha value is -0.560. The fourth-order valence-corrected chi connectivity index (χ4v) is 3.59. The summed E-state index contributed by atoms with van der Waals surface area (Å²) in [5.41, 5.74) is 1.29. The van der Waals surface area contributed by atoms with Crippen molar-refractivity contribution in [3.63, 3.8) is 0 Å². The second kappa shape index (κ2) is 6.56. The van der Waals surface area contributed by atoms with Gasteiger partial charge in [0, 0.05) is 30.4 Å². The van der Waals surface area contributed by atoms with Gasteiger partial charge in [-0.1, -0.05) is 6.92 Å². The van der Waals surface area contributed by atoms with Crippen molar-refractivity contribution in [2.24, 2.45) is 0 Å². The standard InChI is InChI=1S/C12H20N4S2/c1-4-13-9-10-11(17-7-5-15(2)3)14-12-16(10)6-8-18-12/h6,8,13H,4-5,7,9H2,1-3H3. The summed E-state index contributed by atoms with van der Waals surface area (Å²) in [5, 5.41) is 6.65. The van der Waals surface area contributed by atoms with E-state index in [-0.39, 0.29) is 0 Å². The lowest BCUT2D eigenvalue weighted by molar-refractivity contribution is 0.437. The molecular formula is C12H20N4S2. The van der Waals surface area contributed by atoms with Crippen molar-refractivity contribution in [1.82, 2.24) is 19.6 Å². The molecule has 18 heavy (non-hydrogen) atoms. The number of thiazole rings is 1. The third kappa shape index (κ3) is 3.26. The molecule has 1 N–H and O–H groups in total. The van der Waals surface area contributed by atoms with Crippen LogP contribution in [-0.2, 0) is 6.54 Å². The first-order chi connectivity index (χ1) is 8.72. The van der Waals surface area contributed by atoms with Crippen LogP contribution < -0.4 is 5.32 Å². The van der Waals surface area contributed by atoms with Crippen LogP contribution in [0.5, 0.6) is 0 Å². The molecule has 0 aliphatic rings. The summed E-state index contributed by atoms with van der Waals surface area (Å²) in [6.07, 6.45) is 2.11. The van der Waals surface area contributed by atoms with Gasteiger partial charge in [0.05, 0.1) is 5.69 Å². The lowest BCUT2D eigenvalue weighted by atomic mass is 10.4. The van der Waals surface area contributed by atoms with Crippen LogP contribution in [0.1, 0.15) is 12.6 Å². The Morgan fingerprint density at radius 1 is 1.50 bits per heavy atom. The maximum atomic E-state index is 4.71. The smallest absolute Gasteiger partial charge is 0.194 e. The average Bonchev–Trinajstić information content (AvgIpc) is 2.87. The highest BCUT2D eigenvalue weighted by molar-refractivity contribution is 7.99. The number of nitrogens with one attached hydrogen (secondary N) is 1. The van der Waals surface area contributed by atoms with Gasteiger partial charge in [0.2, 0.25) is 0 Å². The van der Waals surface area contributed by atoms with E-state index in [1.54, 1.807) is 11.3 Å². The zero-order valence-corrected chi connectivity index (χ0v) is 12.8. The highest BCUT2D eigenvalue weighted by Gasteiger charge is 2.12. The molecule has 0 spiro atoms. The Labute approximate surface area is 116 Å². The number of nitrogens with zero attached hydrogens (tertiary/aromatic N) is 3. The van der Waals surface area contributed by atoms with E-state index in [4.69, 9.17) is 4.98 Å². The van der Waals surface area contributed by atoms with E-state index in [0.717, 1.165) is 30.3 Å². The fourth-order valence-electron chi connectivity index (χ4n) is 1.66. The van der Waals surface area contributed by atoms with E-state index >= 15 is 0 Å². The molecule has 100 valence electrons. The van der Waals surface area contributed by atoms with E-state index in [1.807, 2.05) is 11.8 Å². The molecule has 0 unspecified atom stereocenters. The van der Waals surface area contributed by atoms with Crippen LogP contribution in [-0.4, -0.2) is 47.2 Å². The summed E-state index contributed by atoms with van der Waals surface area (Å²) < 4.78 is 2.20. The molecule has 0 amide bonds. The highest BCUT2D eigenvalue weighted by Crippen LogP contribution is 2.25. The first-order valence-corrected chi connectivity index (χ1v) is 8.01. The van der Waals surface area contributed by atoms with Gasteiger partial charge in [-0.3, -0.25) is 4.40 Å². The molecule has 2 heterocycles. The Morgan fingerprint density at radius 3 is 3.06 bits per heavy atom. The summed E-state index contributed by atoms with van der Waals surface area (Å²) in [4.78, 5) is 8.00. The molecule has 4 nitrogen and oxygen atoms in total. The highest BCUT2D eigenvalue weighted by atomic mass is 32.2. The van der Waals surface area contributed by atoms with Crippen LogP contribution in [0.2, 0.25) is 0 Å². The van der Waals surface area contributed by atoms with Crippen molar-refractivity contribution in [3.05, 3.63) is 17.3 Å².